The Kier molecular flexibility index (Phi) is 7.73. The van der Waals surface area contributed by atoms with Gasteiger partial charge in [-0.15, -0.1) is 0 Å². The number of rotatable bonds is 5. The summed E-state index contributed by atoms with van der Waals surface area (Å²) in [6.45, 7) is 14.2. The number of carboxylic acids is 1. The molecule has 4 heteroatoms. The number of nitrogens with zero attached hydrogens (tertiary/aromatic N) is 1. The van der Waals surface area contributed by atoms with Crippen molar-refractivity contribution in [3.63, 3.8) is 0 Å². The summed E-state index contributed by atoms with van der Waals surface area (Å²) in [5, 5.41) is 10.3. The van der Waals surface area contributed by atoms with Crippen molar-refractivity contribution in [3.05, 3.63) is 57.6 Å². The monoisotopic (exact) mass is 477 g/mol. The normalized spacial score (nSPS) is 18.7. The first kappa shape index (κ1) is 25.9. The minimum absolute atomic E-state index is 0.569. The highest BCUT2D eigenvalue weighted by Gasteiger charge is 2.35. The van der Waals surface area contributed by atoms with Crippen molar-refractivity contribution < 1.29 is 14.6 Å². The van der Waals surface area contributed by atoms with Gasteiger partial charge >= 0.3 is 5.97 Å². The van der Waals surface area contributed by atoms with E-state index >= 15 is 0 Å². The number of hydrogen-bond donors (Lipinski definition) is 1. The van der Waals surface area contributed by atoms with E-state index in [1.807, 2.05) is 20.8 Å². The molecule has 35 heavy (non-hydrogen) atoms. The molecular formula is C31H43NO3. The molecule has 0 saturated heterocycles. The third-order valence-corrected chi connectivity index (χ3v) is 7.97. The van der Waals surface area contributed by atoms with Crippen molar-refractivity contribution in [2.45, 2.75) is 111 Å². The van der Waals surface area contributed by atoms with Crippen molar-refractivity contribution in [1.29, 1.82) is 0 Å². The molecule has 4 rings (SSSR count). The van der Waals surface area contributed by atoms with E-state index in [1.54, 1.807) is 0 Å². The maximum atomic E-state index is 12.6. The van der Waals surface area contributed by atoms with Gasteiger partial charge in [-0.05, 0) is 94.2 Å². The molecule has 0 spiro atoms. The average molecular weight is 478 g/mol. The van der Waals surface area contributed by atoms with E-state index in [0.717, 1.165) is 41.8 Å². The summed E-state index contributed by atoms with van der Waals surface area (Å²) in [6.07, 6.45) is 7.98. The fourth-order valence-corrected chi connectivity index (χ4v) is 6.19. The van der Waals surface area contributed by atoms with Gasteiger partial charge < -0.3 is 9.84 Å². The van der Waals surface area contributed by atoms with Gasteiger partial charge in [0.2, 0.25) is 0 Å². The fraction of sp³-hybridized carbons (Fsp3) is 0.581. The summed E-state index contributed by atoms with van der Waals surface area (Å²) in [7, 11) is 0. The minimum atomic E-state index is -1.00. The van der Waals surface area contributed by atoms with Crippen LogP contribution in [0, 0.1) is 20.8 Å². The Morgan fingerprint density at radius 2 is 1.60 bits per heavy atom. The highest BCUT2D eigenvalue weighted by molar-refractivity contribution is 5.84. The Morgan fingerprint density at radius 1 is 0.971 bits per heavy atom. The van der Waals surface area contributed by atoms with Gasteiger partial charge in [-0.1, -0.05) is 55.5 Å². The molecule has 0 amide bonds. The molecule has 1 atom stereocenters. The van der Waals surface area contributed by atoms with Crippen LogP contribution >= 0.6 is 0 Å². The van der Waals surface area contributed by atoms with E-state index in [2.05, 4.69) is 49.9 Å². The zero-order valence-electron chi connectivity index (χ0n) is 22.5. The van der Waals surface area contributed by atoms with Crippen molar-refractivity contribution in [1.82, 2.24) is 4.90 Å². The second kappa shape index (κ2) is 10.4. The maximum Gasteiger partial charge on any atom is 0.337 e. The molecule has 1 heterocycles. The number of aliphatic carboxylic acids is 1. The molecule has 1 saturated carbocycles. The number of carbonyl (C=O) groups is 1. The number of benzene rings is 2. The van der Waals surface area contributed by atoms with Crippen LogP contribution in [0.15, 0.2) is 24.3 Å². The van der Waals surface area contributed by atoms with Gasteiger partial charge in [0.1, 0.15) is 0 Å². The summed E-state index contributed by atoms with van der Waals surface area (Å²) in [6, 6.07) is 9.17. The molecule has 1 fully saturated rings. The quantitative estimate of drug-likeness (QED) is 0.459. The summed E-state index contributed by atoms with van der Waals surface area (Å²) in [4.78, 5) is 15.3. The number of ether oxygens (including phenoxy) is 1. The van der Waals surface area contributed by atoms with Crippen molar-refractivity contribution in [2.75, 3.05) is 6.54 Å². The summed E-state index contributed by atoms with van der Waals surface area (Å²) in [5.74, 6) is -0.924. The molecule has 0 bridgehead atoms. The van der Waals surface area contributed by atoms with E-state index in [-0.39, 0.29) is 0 Å². The zero-order valence-corrected chi connectivity index (χ0v) is 22.5. The SMILES string of the molecule is Cc1ccc(-c2c(C)c3c(c(C)c2C(OC(C)(C)C)C(=O)O)CCN(C2CCCCCC2)C3)cc1. The maximum absolute atomic E-state index is 12.6. The molecule has 1 aliphatic heterocycles. The smallest absolute Gasteiger partial charge is 0.337 e. The average Bonchev–Trinajstić information content (AvgIpc) is 3.09. The van der Waals surface area contributed by atoms with Crippen LogP contribution in [-0.4, -0.2) is 34.2 Å². The van der Waals surface area contributed by atoms with Crippen LogP contribution in [0.1, 0.15) is 98.8 Å². The minimum Gasteiger partial charge on any atom is -0.479 e. The predicted molar refractivity (Wildman–Crippen MR) is 143 cm³/mol. The molecule has 0 aromatic heterocycles. The van der Waals surface area contributed by atoms with Gasteiger partial charge in [0.05, 0.1) is 5.60 Å². The van der Waals surface area contributed by atoms with Gasteiger partial charge in [0, 0.05) is 24.7 Å². The van der Waals surface area contributed by atoms with Crippen LogP contribution in [0.3, 0.4) is 0 Å². The summed E-state index contributed by atoms with van der Waals surface area (Å²) < 4.78 is 6.22. The Bertz CT molecular complexity index is 1060. The van der Waals surface area contributed by atoms with Gasteiger partial charge in [-0.3, -0.25) is 4.90 Å². The van der Waals surface area contributed by atoms with Crippen LogP contribution in [0.5, 0.6) is 0 Å². The van der Waals surface area contributed by atoms with Crippen LogP contribution < -0.4 is 0 Å². The Labute approximate surface area is 211 Å². The predicted octanol–water partition coefficient (Wildman–Crippen LogP) is 7.30. The molecule has 1 unspecified atom stereocenters. The number of fused-ring (bicyclic) bond motifs is 1. The first-order valence-electron chi connectivity index (χ1n) is 13.4. The summed E-state index contributed by atoms with van der Waals surface area (Å²) in [5.41, 5.74) is 8.62. The Morgan fingerprint density at radius 3 is 2.17 bits per heavy atom. The highest BCUT2D eigenvalue weighted by atomic mass is 16.5. The third kappa shape index (κ3) is 5.65. The van der Waals surface area contributed by atoms with Gasteiger partial charge in [0.25, 0.3) is 0 Å². The lowest BCUT2D eigenvalue weighted by atomic mass is 9.79. The Hall–Kier alpha value is -2.17. The molecular weight excluding hydrogens is 434 g/mol. The first-order valence-corrected chi connectivity index (χ1v) is 13.4. The fourth-order valence-electron chi connectivity index (χ4n) is 6.19. The van der Waals surface area contributed by atoms with Crippen molar-refractivity contribution in [3.8, 4) is 11.1 Å². The number of hydrogen-bond acceptors (Lipinski definition) is 3. The zero-order chi connectivity index (χ0) is 25.3. The van der Waals surface area contributed by atoms with E-state index in [0.29, 0.717) is 6.04 Å². The Balaban J connectivity index is 1.87. The van der Waals surface area contributed by atoms with E-state index < -0.39 is 17.7 Å². The lowest BCUT2D eigenvalue weighted by Crippen LogP contribution is -2.40. The van der Waals surface area contributed by atoms with E-state index in [4.69, 9.17) is 4.74 Å². The van der Waals surface area contributed by atoms with Crippen LogP contribution in [-0.2, 0) is 22.5 Å². The second-order valence-electron chi connectivity index (χ2n) is 11.7. The van der Waals surface area contributed by atoms with Crippen molar-refractivity contribution in [2.24, 2.45) is 0 Å². The molecule has 2 aromatic rings. The third-order valence-electron chi connectivity index (χ3n) is 7.97. The standard InChI is InChI=1S/C31H43NO3/c1-20-13-15-23(16-14-20)27-22(3)26-19-32(24-11-9-7-8-10-12-24)18-17-25(26)21(2)28(27)29(30(33)34)35-31(4,5)6/h13-16,24,29H,7-12,17-19H2,1-6H3,(H,33,34). The lowest BCUT2D eigenvalue weighted by Gasteiger charge is -2.38. The van der Waals surface area contributed by atoms with Crippen molar-refractivity contribution >= 4 is 5.97 Å². The lowest BCUT2D eigenvalue weighted by molar-refractivity contribution is -0.160. The van der Waals surface area contributed by atoms with Crippen LogP contribution in [0.2, 0.25) is 0 Å². The van der Waals surface area contributed by atoms with Crippen LogP contribution in [0.25, 0.3) is 11.1 Å². The number of aryl methyl sites for hydroxylation is 1. The van der Waals surface area contributed by atoms with Crippen LogP contribution in [0.4, 0.5) is 0 Å². The molecule has 0 radical (unpaired) electrons. The highest BCUT2D eigenvalue weighted by Crippen LogP contribution is 2.43. The summed E-state index contributed by atoms with van der Waals surface area (Å²) >= 11 is 0. The van der Waals surface area contributed by atoms with Gasteiger partial charge in [0.15, 0.2) is 6.10 Å². The van der Waals surface area contributed by atoms with E-state index in [1.165, 1.54) is 60.8 Å². The van der Waals surface area contributed by atoms with E-state index in [9.17, 15) is 9.90 Å². The topological polar surface area (TPSA) is 49.8 Å². The molecule has 1 aliphatic carbocycles. The van der Waals surface area contributed by atoms with Gasteiger partial charge in [-0.25, -0.2) is 4.79 Å². The largest absolute Gasteiger partial charge is 0.479 e. The molecule has 2 aliphatic rings. The molecule has 1 N–H and O–H groups in total. The number of carboxylic acid groups (broad SMARTS) is 1. The second-order valence-corrected chi connectivity index (χ2v) is 11.7. The molecule has 4 nitrogen and oxygen atoms in total. The first-order chi connectivity index (χ1) is 16.6. The van der Waals surface area contributed by atoms with Gasteiger partial charge in [-0.2, -0.15) is 0 Å². The molecule has 190 valence electrons. The molecule has 2 aromatic carbocycles.